The number of hydrogen-bond donors (Lipinski definition) is 0. The smallest absolute Gasteiger partial charge is 0.339 e. The van der Waals surface area contributed by atoms with E-state index in [0.29, 0.717) is 10.0 Å². The number of aryl methyl sites for hydroxylation is 1. The molecule has 1 aliphatic rings. The largest absolute Gasteiger partial charge is 0.378 e. The molecule has 0 aliphatic carbocycles. The Hall–Kier alpha value is -2.95. The molecule has 0 bridgehead atoms. The second-order valence-electron chi connectivity index (χ2n) is 7.40. The van der Waals surface area contributed by atoms with Gasteiger partial charge in [-0.1, -0.05) is 42.0 Å². The van der Waals surface area contributed by atoms with Crippen LogP contribution in [0, 0.1) is 12.7 Å². The van der Waals surface area contributed by atoms with Crippen molar-refractivity contribution in [1.29, 1.82) is 0 Å². The van der Waals surface area contributed by atoms with Gasteiger partial charge in [0.1, 0.15) is 10.7 Å². The maximum absolute atomic E-state index is 13.9. The van der Waals surface area contributed by atoms with E-state index in [1.54, 1.807) is 30.3 Å². The van der Waals surface area contributed by atoms with Crippen LogP contribution in [0.5, 0.6) is 5.75 Å². The van der Waals surface area contributed by atoms with Crippen LogP contribution in [-0.2, 0) is 21.5 Å². The summed E-state index contributed by atoms with van der Waals surface area (Å²) in [5, 5.41) is -0.497. The fourth-order valence-electron chi connectivity index (χ4n) is 3.13. The molecule has 2 amide bonds. The molecule has 3 aromatic carbocycles. The molecule has 0 aromatic heterocycles. The number of imide groups is 1. The zero-order chi connectivity index (χ0) is 24.5. The highest BCUT2D eigenvalue weighted by Crippen LogP contribution is 2.35. The highest BCUT2D eigenvalue weighted by atomic mass is 79.9. The van der Waals surface area contributed by atoms with Crippen molar-refractivity contribution in [2.45, 2.75) is 18.4 Å². The van der Waals surface area contributed by atoms with Gasteiger partial charge >= 0.3 is 10.1 Å². The summed E-state index contributed by atoms with van der Waals surface area (Å²) in [6, 6.07) is 16.8. The third kappa shape index (κ3) is 5.24. The minimum atomic E-state index is -4.03. The third-order valence-electron chi connectivity index (χ3n) is 4.92. The van der Waals surface area contributed by atoms with E-state index in [2.05, 4.69) is 15.9 Å². The summed E-state index contributed by atoms with van der Waals surface area (Å²) >= 11 is 4.05. The van der Waals surface area contributed by atoms with Gasteiger partial charge < -0.3 is 4.18 Å². The molecule has 3 aromatic rings. The van der Waals surface area contributed by atoms with E-state index >= 15 is 0 Å². The van der Waals surface area contributed by atoms with Gasteiger partial charge in [0.05, 0.1) is 15.9 Å². The third-order valence-corrected chi connectivity index (χ3v) is 7.70. The van der Waals surface area contributed by atoms with Crippen molar-refractivity contribution in [2.75, 3.05) is 0 Å². The highest BCUT2D eigenvalue weighted by Gasteiger charge is 2.35. The van der Waals surface area contributed by atoms with Crippen molar-refractivity contribution >= 4 is 55.0 Å². The highest BCUT2D eigenvalue weighted by molar-refractivity contribution is 9.10. The van der Waals surface area contributed by atoms with Gasteiger partial charge in [-0.15, -0.1) is 0 Å². The van der Waals surface area contributed by atoms with E-state index in [9.17, 15) is 22.4 Å². The van der Waals surface area contributed by atoms with Gasteiger partial charge in [0.15, 0.2) is 5.75 Å². The van der Waals surface area contributed by atoms with Crippen LogP contribution in [0.1, 0.15) is 16.7 Å². The number of halogens is 2. The van der Waals surface area contributed by atoms with Crippen molar-refractivity contribution < 1.29 is 26.6 Å². The molecule has 1 saturated heterocycles. The maximum Gasteiger partial charge on any atom is 0.339 e. The van der Waals surface area contributed by atoms with E-state index < -0.39 is 27.1 Å². The molecular formula is C24H17BrFNO5S2. The van der Waals surface area contributed by atoms with Crippen molar-refractivity contribution in [3.8, 4) is 5.75 Å². The zero-order valence-electron chi connectivity index (χ0n) is 17.7. The molecule has 0 saturated carbocycles. The van der Waals surface area contributed by atoms with Crippen LogP contribution in [0.2, 0.25) is 0 Å². The minimum absolute atomic E-state index is 0.0256. The average Bonchev–Trinajstić information content (AvgIpc) is 3.04. The summed E-state index contributed by atoms with van der Waals surface area (Å²) in [6.45, 7) is 1.68. The standard InChI is InChI=1S/C24H17BrFNO5S2/c1-15-6-9-18(10-7-15)34(30,31)32-21-11-8-16(12-19(21)25)13-22-23(28)27(24(29)33-22)14-17-4-2-3-5-20(17)26/h2-13H,14H2,1H3/b22-13-. The Kier molecular flexibility index (Phi) is 6.92. The van der Waals surface area contributed by atoms with Crippen LogP contribution in [0.4, 0.5) is 9.18 Å². The first kappa shape index (κ1) is 24.2. The summed E-state index contributed by atoms with van der Waals surface area (Å²) in [5.74, 6) is -0.951. The number of carbonyl (C=O) groups is 2. The number of nitrogens with zero attached hydrogens (tertiary/aromatic N) is 1. The van der Waals surface area contributed by atoms with Crippen LogP contribution in [0.25, 0.3) is 6.08 Å². The van der Waals surface area contributed by atoms with Gasteiger partial charge in [-0.05, 0) is 76.6 Å². The van der Waals surface area contributed by atoms with E-state index in [1.807, 2.05) is 6.92 Å². The second kappa shape index (κ2) is 9.73. The lowest BCUT2D eigenvalue weighted by molar-refractivity contribution is -0.123. The topological polar surface area (TPSA) is 80.8 Å². The lowest BCUT2D eigenvalue weighted by atomic mass is 10.2. The first-order valence-electron chi connectivity index (χ1n) is 9.93. The second-order valence-corrected chi connectivity index (χ2v) is 10.8. The zero-order valence-corrected chi connectivity index (χ0v) is 20.9. The van der Waals surface area contributed by atoms with Gasteiger partial charge in [0, 0.05) is 5.56 Å². The summed E-state index contributed by atoms with van der Waals surface area (Å²) in [5.41, 5.74) is 1.70. The lowest BCUT2D eigenvalue weighted by Crippen LogP contribution is -2.27. The van der Waals surface area contributed by atoms with E-state index in [1.165, 1.54) is 42.5 Å². The fourth-order valence-corrected chi connectivity index (χ4v) is 5.50. The van der Waals surface area contributed by atoms with Gasteiger partial charge in [-0.3, -0.25) is 14.5 Å². The van der Waals surface area contributed by atoms with E-state index in [-0.39, 0.29) is 27.7 Å². The molecule has 0 radical (unpaired) electrons. The predicted molar refractivity (Wildman–Crippen MR) is 131 cm³/mol. The van der Waals surface area contributed by atoms with Crippen molar-refractivity contribution in [3.63, 3.8) is 0 Å². The van der Waals surface area contributed by atoms with Crippen LogP contribution in [0.3, 0.4) is 0 Å². The van der Waals surface area contributed by atoms with E-state index in [4.69, 9.17) is 4.18 Å². The van der Waals surface area contributed by atoms with Crippen LogP contribution >= 0.6 is 27.7 Å². The Labute approximate surface area is 208 Å². The molecule has 174 valence electrons. The summed E-state index contributed by atoms with van der Waals surface area (Å²) in [7, 11) is -4.03. The molecule has 0 spiro atoms. The summed E-state index contributed by atoms with van der Waals surface area (Å²) < 4.78 is 44.6. The minimum Gasteiger partial charge on any atom is -0.378 e. The normalized spacial score (nSPS) is 15.3. The van der Waals surface area contributed by atoms with Gasteiger partial charge in [0.2, 0.25) is 0 Å². The van der Waals surface area contributed by atoms with Crippen LogP contribution < -0.4 is 4.18 Å². The van der Waals surface area contributed by atoms with Crippen molar-refractivity contribution in [2.24, 2.45) is 0 Å². The Morgan fingerprint density at radius 3 is 2.44 bits per heavy atom. The molecule has 4 rings (SSSR count). The molecule has 0 N–H and O–H groups in total. The Morgan fingerprint density at radius 2 is 1.76 bits per heavy atom. The Bertz CT molecular complexity index is 1420. The summed E-state index contributed by atoms with van der Waals surface area (Å²) in [4.78, 5) is 26.3. The molecule has 10 heteroatoms. The lowest BCUT2D eigenvalue weighted by Gasteiger charge is -2.12. The number of thioether (sulfide) groups is 1. The molecule has 0 atom stereocenters. The Balaban J connectivity index is 1.52. The molecule has 0 unspecified atom stereocenters. The monoisotopic (exact) mass is 561 g/mol. The number of hydrogen-bond acceptors (Lipinski definition) is 6. The molecule has 1 aliphatic heterocycles. The number of rotatable bonds is 6. The quantitative estimate of drug-likeness (QED) is 0.275. The van der Waals surface area contributed by atoms with Gasteiger partial charge in [-0.25, -0.2) is 4.39 Å². The predicted octanol–water partition coefficient (Wildman–Crippen LogP) is 5.90. The maximum atomic E-state index is 13.9. The van der Waals surface area contributed by atoms with Crippen LogP contribution in [-0.4, -0.2) is 24.5 Å². The van der Waals surface area contributed by atoms with E-state index in [0.717, 1.165) is 22.2 Å². The van der Waals surface area contributed by atoms with Crippen molar-refractivity contribution in [1.82, 2.24) is 4.90 Å². The molecule has 1 heterocycles. The molecule has 1 fully saturated rings. The first-order valence-corrected chi connectivity index (χ1v) is 13.0. The van der Waals surface area contributed by atoms with Gasteiger partial charge in [0.25, 0.3) is 11.1 Å². The first-order chi connectivity index (χ1) is 16.1. The number of amides is 2. The molecular weight excluding hydrogens is 545 g/mol. The number of carbonyl (C=O) groups excluding carboxylic acids is 2. The SMILES string of the molecule is Cc1ccc(S(=O)(=O)Oc2ccc(/C=C3\SC(=O)N(Cc4ccccc4F)C3=O)cc2Br)cc1. The Morgan fingerprint density at radius 1 is 1.06 bits per heavy atom. The molecule has 34 heavy (non-hydrogen) atoms. The van der Waals surface area contributed by atoms with Crippen LogP contribution in [0.15, 0.2) is 81.0 Å². The summed E-state index contributed by atoms with van der Waals surface area (Å²) in [6.07, 6.45) is 1.51. The number of benzene rings is 3. The average molecular weight is 562 g/mol. The fraction of sp³-hybridized carbons (Fsp3) is 0.0833. The molecule has 6 nitrogen and oxygen atoms in total. The van der Waals surface area contributed by atoms with Gasteiger partial charge in [-0.2, -0.15) is 8.42 Å². The van der Waals surface area contributed by atoms with Crippen molar-refractivity contribution in [3.05, 3.63) is 98.6 Å².